The Hall–Kier alpha value is -1.95. The molecule has 0 spiro atoms. The molecule has 1 saturated heterocycles. The minimum atomic E-state index is -0.348. The highest BCUT2D eigenvalue weighted by atomic mass is 35.5. The molecular weight excluding hydrogens is 380 g/mol. The van der Waals surface area contributed by atoms with Gasteiger partial charge in [0.2, 0.25) is 11.8 Å². The summed E-state index contributed by atoms with van der Waals surface area (Å²) in [5.41, 5.74) is 0.494. The molecule has 2 amide bonds. The minimum absolute atomic E-state index is 0.0875. The van der Waals surface area contributed by atoms with E-state index in [0.29, 0.717) is 42.0 Å². The molecule has 1 atom stereocenters. The van der Waals surface area contributed by atoms with E-state index in [1.807, 2.05) is 4.90 Å². The van der Waals surface area contributed by atoms with Gasteiger partial charge in [0, 0.05) is 37.6 Å². The summed E-state index contributed by atoms with van der Waals surface area (Å²) in [5.74, 6) is 1.47. The lowest BCUT2D eigenvalue weighted by molar-refractivity contribution is -0.130. The predicted octanol–water partition coefficient (Wildman–Crippen LogP) is 3.87. The van der Waals surface area contributed by atoms with E-state index in [0.717, 1.165) is 38.0 Å². The lowest BCUT2D eigenvalue weighted by Gasteiger charge is -2.33. The van der Waals surface area contributed by atoms with Crippen LogP contribution in [-0.4, -0.2) is 42.5 Å². The third-order valence-corrected chi connectivity index (χ3v) is 6.36. The van der Waals surface area contributed by atoms with Gasteiger partial charge >= 0.3 is 0 Å². The van der Waals surface area contributed by atoms with Crippen molar-refractivity contribution in [2.45, 2.75) is 51.5 Å². The molecule has 152 valence electrons. The van der Waals surface area contributed by atoms with Crippen molar-refractivity contribution in [3.8, 4) is 11.5 Å². The van der Waals surface area contributed by atoms with Crippen LogP contribution in [0.4, 0.5) is 5.69 Å². The summed E-state index contributed by atoms with van der Waals surface area (Å²) in [6.07, 6.45) is 5.44. The fourth-order valence-electron chi connectivity index (χ4n) is 4.33. The molecule has 2 fully saturated rings. The van der Waals surface area contributed by atoms with Crippen LogP contribution in [0.1, 0.15) is 45.4 Å². The molecular formula is C21H27ClN2O4. The van der Waals surface area contributed by atoms with Gasteiger partial charge in [0.05, 0.1) is 29.8 Å². The highest BCUT2D eigenvalue weighted by molar-refractivity contribution is 6.34. The maximum Gasteiger partial charge on any atom is 0.229 e. The molecule has 7 heteroatoms. The monoisotopic (exact) mass is 406 g/mol. The normalized spacial score (nSPS) is 27.4. The van der Waals surface area contributed by atoms with Gasteiger partial charge in [0.1, 0.15) is 0 Å². The molecule has 6 nitrogen and oxygen atoms in total. The van der Waals surface area contributed by atoms with Crippen molar-refractivity contribution in [1.82, 2.24) is 4.90 Å². The van der Waals surface area contributed by atoms with E-state index in [2.05, 4.69) is 12.2 Å². The Morgan fingerprint density at radius 1 is 1.14 bits per heavy atom. The number of likely N-dealkylation sites (tertiary alicyclic amines) is 1. The van der Waals surface area contributed by atoms with Gasteiger partial charge in [-0.3, -0.25) is 9.59 Å². The fourth-order valence-corrected chi connectivity index (χ4v) is 4.53. The second-order valence-corrected chi connectivity index (χ2v) is 8.59. The second-order valence-electron chi connectivity index (χ2n) is 8.18. The Bertz CT molecular complexity index is 761. The number of carbonyl (C=O) groups is 2. The highest BCUT2D eigenvalue weighted by Crippen LogP contribution is 2.38. The molecule has 1 N–H and O–H groups in total. The van der Waals surface area contributed by atoms with E-state index >= 15 is 0 Å². The number of benzene rings is 1. The smallest absolute Gasteiger partial charge is 0.229 e. The van der Waals surface area contributed by atoms with Crippen LogP contribution in [0.3, 0.4) is 0 Å². The quantitative estimate of drug-likeness (QED) is 0.827. The fraction of sp³-hybridized carbons (Fsp3) is 0.619. The summed E-state index contributed by atoms with van der Waals surface area (Å²) in [5, 5.41) is 3.29. The summed E-state index contributed by atoms with van der Waals surface area (Å²) >= 11 is 6.33. The Kier molecular flexibility index (Phi) is 5.67. The first kappa shape index (κ1) is 19.4. The zero-order chi connectivity index (χ0) is 19.7. The average Bonchev–Trinajstić information content (AvgIpc) is 2.92. The predicted molar refractivity (Wildman–Crippen MR) is 107 cm³/mol. The van der Waals surface area contributed by atoms with Crippen molar-refractivity contribution in [3.63, 3.8) is 0 Å². The molecule has 1 unspecified atom stereocenters. The van der Waals surface area contributed by atoms with Gasteiger partial charge in [-0.25, -0.2) is 0 Å². The number of amides is 2. The number of anilines is 1. The van der Waals surface area contributed by atoms with Crippen molar-refractivity contribution in [3.05, 3.63) is 17.2 Å². The lowest BCUT2D eigenvalue weighted by Crippen LogP contribution is -2.39. The molecule has 1 saturated carbocycles. The number of hydrogen-bond donors (Lipinski definition) is 1. The van der Waals surface area contributed by atoms with Crippen molar-refractivity contribution in [1.29, 1.82) is 0 Å². The highest BCUT2D eigenvalue weighted by Gasteiger charge is 2.38. The van der Waals surface area contributed by atoms with Gasteiger partial charge in [-0.2, -0.15) is 0 Å². The molecule has 3 aliphatic rings. The van der Waals surface area contributed by atoms with Crippen molar-refractivity contribution in [2.24, 2.45) is 11.8 Å². The molecule has 1 aromatic rings. The Labute approximate surface area is 170 Å². The molecule has 1 aromatic carbocycles. The molecule has 4 rings (SSSR count). The van der Waals surface area contributed by atoms with Crippen LogP contribution in [0.15, 0.2) is 12.1 Å². The zero-order valence-corrected chi connectivity index (χ0v) is 17.0. The number of hydrogen-bond acceptors (Lipinski definition) is 4. The van der Waals surface area contributed by atoms with Crippen LogP contribution in [-0.2, 0) is 9.59 Å². The SMILES string of the molecule is CC1CCC(N2CC(C(=O)Nc3cc4c(cc3Cl)OCCCO4)CC2=O)CC1. The second kappa shape index (κ2) is 8.19. The molecule has 0 radical (unpaired) electrons. The first-order chi connectivity index (χ1) is 13.5. The summed E-state index contributed by atoms with van der Waals surface area (Å²) in [7, 11) is 0. The number of carbonyl (C=O) groups excluding carboxylic acids is 2. The van der Waals surface area contributed by atoms with Crippen LogP contribution in [0.25, 0.3) is 0 Å². The number of nitrogens with zero attached hydrogens (tertiary/aromatic N) is 1. The van der Waals surface area contributed by atoms with E-state index in [4.69, 9.17) is 21.1 Å². The number of rotatable bonds is 3. The van der Waals surface area contributed by atoms with Crippen LogP contribution in [0.2, 0.25) is 5.02 Å². The van der Waals surface area contributed by atoms with Crippen LogP contribution in [0.5, 0.6) is 11.5 Å². The van der Waals surface area contributed by atoms with E-state index < -0.39 is 0 Å². The van der Waals surface area contributed by atoms with E-state index in [1.54, 1.807) is 12.1 Å². The molecule has 2 heterocycles. The number of fused-ring (bicyclic) bond motifs is 1. The number of halogens is 1. The summed E-state index contributed by atoms with van der Waals surface area (Å²) < 4.78 is 11.3. The lowest BCUT2D eigenvalue weighted by atomic mass is 9.87. The first-order valence-corrected chi connectivity index (χ1v) is 10.6. The third-order valence-electron chi connectivity index (χ3n) is 6.05. The van der Waals surface area contributed by atoms with Crippen LogP contribution in [0, 0.1) is 11.8 Å². The minimum Gasteiger partial charge on any atom is -0.490 e. The maximum absolute atomic E-state index is 12.8. The van der Waals surface area contributed by atoms with Crippen molar-refractivity contribution >= 4 is 29.1 Å². The van der Waals surface area contributed by atoms with Crippen molar-refractivity contribution < 1.29 is 19.1 Å². The zero-order valence-electron chi connectivity index (χ0n) is 16.2. The van der Waals surface area contributed by atoms with Gasteiger partial charge in [0.25, 0.3) is 0 Å². The standard InChI is InChI=1S/C21H27ClN2O4/c1-13-3-5-15(6-4-13)24-12-14(9-20(24)25)21(26)23-17-11-19-18(10-16(17)22)27-7-2-8-28-19/h10-11,13-15H,2-9,12H2,1H3,(H,23,26). The van der Waals surface area contributed by atoms with E-state index in [-0.39, 0.29) is 30.2 Å². The molecule has 0 aromatic heterocycles. The summed E-state index contributed by atoms with van der Waals surface area (Å²) in [6.45, 7) is 3.90. The van der Waals surface area contributed by atoms with Gasteiger partial charge in [0.15, 0.2) is 11.5 Å². The van der Waals surface area contributed by atoms with E-state index in [1.165, 1.54) is 0 Å². The molecule has 2 aliphatic heterocycles. The Morgan fingerprint density at radius 2 is 1.82 bits per heavy atom. The summed E-state index contributed by atoms with van der Waals surface area (Å²) in [4.78, 5) is 27.2. The van der Waals surface area contributed by atoms with Crippen molar-refractivity contribution in [2.75, 3.05) is 25.1 Å². The third kappa shape index (κ3) is 4.07. The van der Waals surface area contributed by atoms with E-state index in [9.17, 15) is 9.59 Å². The Morgan fingerprint density at radius 3 is 2.54 bits per heavy atom. The van der Waals surface area contributed by atoms with Crippen LogP contribution >= 0.6 is 11.6 Å². The average molecular weight is 407 g/mol. The molecule has 28 heavy (non-hydrogen) atoms. The Balaban J connectivity index is 1.41. The molecule has 1 aliphatic carbocycles. The number of ether oxygens (including phenoxy) is 2. The molecule has 0 bridgehead atoms. The topological polar surface area (TPSA) is 67.9 Å². The number of nitrogens with one attached hydrogen (secondary N) is 1. The van der Waals surface area contributed by atoms with Gasteiger partial charge in [-0.05, 0) is 31.6 Å². The largest absolute Gasteiger partial charge is 0.490 e. The van der Waals surface area contributed by atoms with Crippen LogP contribution < -0.4 is 14.8 Å². The maximum atomic E-state index is 12.8. The van der Waals surface area contributed by atoms with Gasteiger partial charge in [-0.1, -0.05) is 18.5 Å². The van der Waals surface area contributed by atoms with Gasteiger partial charge < -0.3 is 19.7 Å². The first-order valence-electron chi connectivity index (χ1n) is 10.2. The van der Waals surface area contributed by atoms with Gasteiger partial charge in [-0.15, -0.1) is 0 Å². The summed E-state index contributed by atoms with van der Waals surface area (Å²) in [6, 6.07) is 3.66.